The SMILES string of the molecule is C[C@]12CC(O)C3C(CC[C@]4(O)C[C@@H](OC(=O)CCCCCCCCCCCCCO)CC[C@]34CO)[C@@]1(O)CC[C@@H]2c1ccc(=O)oc1. The van der Waals surface area contributed by atoms with Crippen molar-refractivity contribution in [2.24, 2.45) is 22.7 Å². The number of aliphatic hydroxyl groups is 5. The summed E-state index contributed by atoms with van der Waals surface area (Å²) in [6.45, 7) is 2.02. The van der Waals surface area contributed by atoms with Gasteiger partial charge in [0.05, 0.1) is 30.2 Å². The van der Waals surface area contributed by atoms with E-state index in [4.69, 9.17) is 14.3 Å². The number of aliphatic hydroxyl groups excluding tert-OH is 3. The number of hydrogen-bond donors (Lipinski definition) is 5. The van der Waals surface area contributed by atoms with E-state index in [0.717, 1.165) is 37.7 Å². The Labute approximate surface area is 280 Å². The van der Waals surface area contributed by atoms with Crippen molar-refractivity contribution in [2.45, 2.75) is 165 Å². The second-order valence-corrected chi connectivity index (χ2v) is 15.8. The van der Waals surface area contributed by atoms with E-state index in [0.29, 0.717) is 58.0 Å². The lowest BCUT2D eigenvalue weighted by atomic mass is 9.41. The van der Waals surface area contributed by atoms with Gasteiger partial charge in [-0.3, -0.25) is 4.79 Å². The maximum Gasteiger partial charge on any atom is 0.335 e. The van der Waals surface area contributed by atoms with Crippen LogP contribution >= 0.6 is 0 Å². The summed E-state index contributed by atoms with van der Waals surface area (Å²) in [5, 5.41) is 56.4. The summed E-state index contributed by atoms with van der Waals surface area (Å²) in [7, 11) is 0. The first-order valence-corrected chi connectivity index (χ1v) is 18.7. The van der Waals surface area contributed by atoms with Crippen molar-refractivity contribution in [1.29, 1.82) is 0 Å². The summed E-state index contributed by atoms with van der Waals surface area (Å²) in [6.07, 6.45) is 16.4. The molecule has 5 N–H and O–H groups in total. The first kappa shape index (κ1) is 36.5. The Morgan fingerprint density at radius 1 is 0.872 bits per heavy atom. The van der Waals surface area contributed by atoms with E-state index in [1.165, 1.54) is 50.9 Å². The van der Waals surface area contributed by atoms with Crippen molar-refractivity contribution >= 4 is 5.97 Å². The van der Waals surface area contributed by atoms with E-state index in [1.807, 2.05) is 6.92 Å². The molecule has 0 amide bonds. The highest BCUT2D eigenvalue weighted by atomic mass is 16.5. The Kier molecular flexibility index (Phi) is 12.0. The van der Waals surface area contributed by atoms with E-state index in [9.17, 15) is 30.0 Å². The first-order valence-electron chi connectivity index (χ1n) is 18.7. The van der Waals surface area contributed by atoms with E-state index in [-0.39, 0.29) is 30.8 Å². The number of esters is 1. The third-order valence-corrected chi connectivity index (χ3v) is 13.3. The Morgan fingerprint density at radius 3 is 2.15 bits per heavy atom. The number of ether oxygens (including phenoxy) is 1. The smallest absolute Gasteiger partial charge is 0.335 e. The van der Waals surface area contributed by atoms with Crippen molar-refractivity contribution in [1.82, 2.24) is 0 Å². The van der Waals surface area contributed by atoms with Crippen LogP contribution in [0.4, 0.5) is 0 Å². The molecule has 9 heteroatoms. The monoisotopic (exact) mass is 660 g/mol. The topological polar surface area (TPSA) is 158 Å². The van der Waals surface area contributed by atoms with Crippen LogP contribution in [0.25, 0.3) is 0 Å². The molecule has 266 valence electrons. The van der Waals surface area contributed by atoms with Gasteiger partial charge in [-0.2, -0.15) is 0 Å². The molecule has 5 rings (SSSR count). The summed E-state index contributed by atoms with van der Waals surface area (Å²) in [4.78, 5) is 24.4. The highest BCUT2D eigenvalue weighted by Gasteiger charge is 2.73. The Hall–Kier alpha value is -1.78. The van der Waals surface area contributed by atoms with E-state index < -0.39 is 45.8 Å². The fourth-order valence-electron chi connectivity index (χ4n) is 10.8. The molecule has 4 saturated carbocycles. The third-order valence-electron chi connectivity index (χ3n) is 13.3. The normalized spacial score (nSPS) is 38.0. The van der Waals surface area contributed by atoms with Crippen molar-refractivity contribution in [3.8, 4) is 0 Å². The van der Waals surface area contributed by atoms with Gasteiger partial charge >= 0.3 is 11.6 Å². The molecule has 4 aliphatic carbocycles. The van der Waals surface area contributed by atoms with Gasteiger partial charge in [-0.05, 0) is 81.3 Å². The van der Waals surface area contributed by atoms with Crippen molar-refractivity contribution in [3.63, 3.8) is 0 Å². The molecule has 0 saturated heterocycles. The molecule has 9 nitrogen and oxygen atoms in total. The number of carbonyl (C=O) groups excluding carboxylic acids is 1. The molecule has 1 aromatic heterocycles. The average molecular weight is 661 g/mol. The zero-order chi connectivity index (χ0) is 33.7. The quantitative estimate of drug-likeness (QED) is 0.114. The van der Waals surface area contributed by atoms with Gasteiger partial charge < -0.3 is 34.7 Å². The molecule has 47 heavy (non-hydrogen) atoms. The van der Waals surface area contributed by atoms with E-state index in [1.54, 1.807) is 6.07 Å². The molecular weight excluding hydrogens is 600 g/mol. The lowest BCUT2D eigenvalue weighted by Crippen LogP contribution is -2.72. The van der Waals surface area contributed by atoms with Gasteiger partial charge in [-0.15, -0.1) is 0 Å². The molecule has 3 unspecified atom stereocenters. The fraction of sp³-hybridized carbons (Fsp3) is 0.842. The molecule has 1 aromatic rings. The summed E-state index contributed by atoms with van der Waals surface area (Å²) in [6, 6.07) is 3.16. The van der Waals surface area contributed by atoms with Gasteiger partial charge in [0, 0.05) is 42.3 Å². The third kappa shape index (κ3) is 7.12. The Bertz CT molecular complexity index is 1210. The summed E-state index contributed by atoms with van der Waals surface area (Å²) in [5.41, 5.74) is -3.65. The number of carbonyl (C=O) groups is 1. The van der Waals surface area contributed by atoms with Gasteiger partial charge in [-0.1, -0.05) is 64.7 Å². The largest absolute Gasteiger partial charge is 0.462 e. The molecule has 4 fully saturated rings. The molecule has 0 spiro atoms. The Morgan fingerprint density at radius 2 is 1.53 bits per heavy atom. The van der Waals surface area contributed by atoms with Crippen LogP contribution in [0.5, 0.6) is 0 Å². The minimum Gasteiger partial charge on any atom is -0.462 e. The standard InChI is InChI=1S/C38H60O9/c1-35-24-31(41)34-30(38(35,45)21-18-29(35)27-14-15-32(42)46-25-27)17-20-37(44)23-28(16-19-36(34,37)26-40)47-33(43)13-11-9-7-5-3-2-4-6-8-10-12-22-39/h14-15,25,28-31,34,39-41,44-45H,2-13,16-24,26H2,1H3/t28-,29+,30?,31?,34?,35+,36-,37-,38-/m0/s1. The number of fused-ring (bicyclic) bond motifs is 5. The van der Waals surface area contributed by atoms with Crippen LogP contribution in [0, 0.1) is 22.7 Å². The van der Waals surface area contributed by atoms with Gasteiger partial charge in [0.2, 0.25) is 0 Å². The predicted molar refractivity (Wildman–Crippen MR) is 178 cm³/mol. The lowest BCUT2D eigenvalue weighted by Gasteiger charge is -2.67. The van der Waals surface area contributed by atoms with Crippen molar-refractivity contribution in [3.05, 3.63) is 34.4 Å². The molecule has 0 bridgehead atoms. The molecule has 4 aliphatic rings. The van der Waals surface area contributed by atoms with Crippen LogP contribution < -0.4 is 5.63 Å². The second kappa shape index (κ2) is 15.4. The van der Waals surface area contributed by atoms with Gasteiger partial charge in [-0.25, -0.2) is 4.79 Å². The molecule has 0 aliphatic heterocycles. The van der Waals surface area contributed by atoms with Crippen LogP contribution in [0.1, 0.15) is 147 Å². The molecular formula is C38H60O9. The predicted octanol–water partition coefficient (Wildman–Crippen LogP) is 5.52. The van der Waals surface area contributed by atoms with Crippen molar-refractivity contribution < 1.29 is 39.5 Å². The molecule has 1 heterocycles. The maximum atomic E-state index is 12.8. The van der Waals surface area contributed by atoms with Crippen LogP contribution in [-0.4, -0.2) is 68.1 Å². The summed E-state index contributed by atoms with van der Waals surface area (Å²) < 4.78 is 11.1. The lowest BCUT2D eigenvalue weighted by molar-refractivity contribution is -0.292. The minimum absolute atomic E-state index is 0.0910. The number of unbranched alkanes of at least 4 members (excludes halogenated alkanes) is 10. The maximum absolute atomic E-state index is 12.8. The zero-order valence-corrected chi connectivity index (χ0v) is 28.5. The van der Waals surface area contributed by atoms with Crippen molar-refractivity contribution in [2.75, 3.05) is 13.2 Å². The molecule has 0 aromatic carbocycles. The number of hydrogen-bond acceptors (Lipinski definition) is 9. The van der Waals surface area contributed by atoms with E-state index in [2.05, 4.69) is 0 Å². The molecule has 0 radical (unpaired) electrons. The highest BCUT2D eigenvalue weighted by molar-refractivity contribution is 5.69. The van der Waals surface area contributed by atoms with Gasteiger partial charge in [0.1, 0.15) is 6.10 Å². The fourth-order valence-corrected chi connectivity index (χ4v) is 10.8. The van der Waals surface area contributed by atoms with Crippen LogP contribution in [0.2, 0.25) is 0 Å². The van der Waals surface area contributed by atoms with E-state index >= 15 is 0 Å². The Balaban J connectivity index is 1.13. The van der Waals surface area contributed by atoms with Gasteiger partial charge in [0.25, 0.3) is 0 Å². The average Bonchev–Trinajstić information content (AvgIpc) is 3.31. The van der Waals surface area contributed by atoms with Gasteiger partial charge in [0.15, 0.2) is 0 Å². The second-order valence-electron chi connectivity index (χ2n) is 15.8. The minimum atomic E-state index is -1.31. The van der Waals surface area contributed by atoms with Crippen LogP contribution in [0.3, 0.4) is 0 Å². The van der Waals surface area contributed by atoms with Crippen LogP contribution in [0.15, 0.2) is 27.6 Å². The summed E-state index contributed by atoms with van der Waals surface area (Å²) in [5.74, 6) is -1.12. The number of rotatable bonds is 16. The zero-order valence-electron chi connectivity index (χ0n) is 28.5. The highest BCUT2D eigenvalue weighted by Crippen LogP contribution is 2.71. The molecule has 9 atom stereocenters. The first-order chi connectivity index (χ1) is 22.5. The summed E-state index contributed by atoms with van der Waals surface area (Å²) >= 11 is 0. The van der Waals surface area contributed by atoms with Crippen LogP contribution in [-0.2, 0) is 9.53 Å².